The molecule has 2 nitrogen and oxygen atoms in total. The van der Waals surface area contributed by atoms with Crippen molar-refractivity contribution in [3.05, 3.63) is 76.4 Å². The number of rotatable bonds is 4. The second-order valence-electron chi connectivity index (χ2n) is 8.15. The van der Waals surface area contributed by atoms with Gasteiger partial charge in [-0.2, -0.15) is 0 Å². The van der Waals surface area contributed by atoms with Crippen LogP contribution in [0, 0.1) is 25.2 Å². The van der Waals surface area contributed by atoms with Crippen LogP contribution in [0.4, 0.5) is 0 Å². The molecule has 0 amide bonds. The van der Waals surface area contributed by atoms with E-state index in [-0.39, 0.29) is 17.8 Å². The van der Waals surface area contributed by atoms with Gasteiger partial charge in [-0.05, 0) is 54.7 Å². The molecule has 3 rings (SSSR count). The van der Waals surface area contributed by atoms with E-state index in [0.29, 0.717) is 0 Å². The molecule has 0 unspecified atom stereocenters. The SMILES string of the molecule is Cc1cccc(C(=C2CC[C@H](CC(=O)O)C2(C)C)c2cccc(C)c2)c1. The van der Waals surface area contributed by atoms with Crippen LogP contribution in [-0.2, 0) is 4.79 Å². The molecule has 1 saturated carbocycles. The zero-order valence-electron chi connectivity index (χ0n) is 16.2. The number of hydrogen-bond acceptors (Lipinski definition) is 1. The molecule has 2 aromatic rings. The summed E-state index contributed by atoms with van der Waals surface area (Å²) in [6, 6.07) is 17.3. The van der Waals surface area contributed by atoms with E-state index in [0.717, 1.165) is 12.8 Å². The van der Waals surface area contributed by atoms with E-state index in [1.165, 1.54) is 33.4 Å². The summed E-state index contributed by atoms with van der Waals surface area (Å²) < 4.78 is 0. The molecule has 0 heterocycles. The summed E-state index contributed by atoms with van der Waals surface area (Å²) in [6.07, 6.45) is 2.14. The summed E-state index contributed by atoms with van der Waals surface area (Å²) in [6.45, 7) is 8.67. The molecule has 1 aliphatic rings. The van der Waals surface area contributed by atoms with Gasteiger partial charge >= 0.3 is 5.97 Å². The van der Waals surface area contributed by atoms with Crippen molar-refractivity contribution in [2.24, 2.45) is 11.3 Å². The molecule has 1 fully saturated rings. The molecule has 0 aromatic heterocycles. The first kappa shape index (κ1) is 18.4. The average molecular weight is 348 g/mol. The fraction of sp³-hybridized carbons (Fsp3) is 0.375. The molecule has 0 aliphatic heterocycles. The van der Waals surface area contributed by atoms with Crippen molar-refractivity contribution in [2.45, 2.75) is 47.0 Å². The number of benzene rings is 2. The lowest BCUT2D eigenvalue weighted by Gasteiger charge is -2.30. The zero-order chi connectivity index (χ0) is 18.9. The standard InChI is InChI=1S/C24H28O2/c1-16-7-5-9-18(13-16)23(19-10-6-8-17(2)14-19)21-12-11-20(15-22(25)26)24(21,3)4/h5-10,13-14,20H,11-12,15H2,1-4H3,(H,25,26)/t20-/m1/s1. The van der Waals surface area contributed by atoms with E-state index in [2.05, 4.69) is 76.2 Å². The number of aliphatic carboxylic acids is 1. The van der Waals surface area contributed by atoms with Crippen LogP contribution in [0.1, 0.15) is 55.4 Å². The Morgan fingerprint density at radius 1 is 1.04 bits per heavy atom. The number of hydrogen-bond donors (Lipinski definition) is 1. The third kappa shape index (κ3) is 3.60. The lowest BCUT2D eigenvalue weighted by atomic mass is 9.74. The summed E-state index contributed by atoms with van der Waals surface area (Å²) in [5, 5.41) is 9.32. The highest BCUT2D eigenvalue weighted by atomic mass is 16.4. The fourth-order valence-electron chi connectivity index (χ4n) is 4.38. The second kappa shape index (κ2) is 7.11. The van der Waals surface area contributed by atoms with Crippen molar-refractivity contribution in [2.75, 3.05) is 0 Å². The van der Waals surface area contributed by atoms with Gasteiger partial charge in [0.1, 0.15) is 0 Å². The van der Waals surface area contributed by atoms with E-state index in [9.17, 15) is 9.90 Å². The molecule has 0 saturated heterocycles. The van der Waals surface area contributed by atoms with Gasteiger partial charge in [-0.1, -0.05) is 79.1 Å². The van der Waals surface area contributed by atoms with Gasteiger partial charge in [-0.15, -0.1) is 0 Å². The Morgan fingerprint density at radius 3 is 2.04 bits per heavy atom. The largest absolute Gasteiger partial charge is 0.481 e. The Bertz CT molecular complexity index is 811. The van der Waals surface area contributed by atoms with Crippen molar-refractivity contribution in [3.63, 3.8) is 0 Å². The van der Waals surface area contributed by atoms with Crippen LogP contribution in [0.5, 0.6) is 0 Å². The van der Waals surface area contributed by atoms with E-state index in [1.54, 1.807) is 0 Å². The summed E-state index contributed by atoms with van der Waals surface area (Å²) >= 11 is 0. The molecule has 136 valence electrons. The van der Waals surface area contributed by atoms with Gasteiger partial charge < -0.3 is 5.11 Å². The van der Waals surface area contributed by atoms with E-state index in [1.807, 2.05) is 0 Å². The van der Waals surface area contributed by atoms with Crippen LogP contribution in [-0.4, -0.2) is 11.1 Å². The molecular weight excluding hydrogens is 320 g/mol. The van der Waals surface area contributed by atoms with Crippen LogP contribution in [0.3, 0.4) is 0 Å². The number of aryl methyl sites for hydroxylation is 2. The van der Waals surface area contributed by atoms with Crippen molar-refractivity contribution in [1.82, 2.24) is 0 Å². The van der Waals surface area contributed by atoms with Gasteiger partial charge in [0.15, 0.2) is 0 Å². The highest BCUT2D eigenvalue weighted by Crippen LogP contribution is 2.52. The van der Waals surface area contributed by atoms with Gasteiger partial charge in [-0.3, -0.25) is 4.79 Å². The van der Waals surface area contributed by atoms with Crippen molar-refractivity contribution >= 4 is 11.5 Å². The fourth-order valence-corrected chi connectivity index (χ4v) is 4.38. The Labute approximate surface area is 156 Å². The van der Waals surface area contributed by atoms with Gasteiger partial charge in [0.05, 0.1) is 0 Å². The van der Waals surface area contributed by atoms with Crippen molar-refractivity contribution in [1.29, 1.82) is 0 Å². The third-order valence-corrected chi connectivity index (χ3v) is 5.88. The van der Waals surface area contributed by atoms with Crippen LogP contribution in [0.25, 0.3) is 5.57 Å². The van der Waals surface area contributed by atoms with Crippen LogP contribution >= 0.6 is 0 Å². The molecule has 1 N–H and O–H groups in total. The molecule has 1 atom stereocenters. The Kier molecular flexibility index (Phi) is 5.04. The molecule has 26 heavy (non-hydrogen) atoms. The predicted octanol–water partition coefficient (Wildman–Crippen LogP) is 6.02. The van der Waals surface area contributed by atoms with Crippen LogP contribution in [0.2, 0.25) is 0 Å². The van der Waals surface area contributed by atoms with Gasteiger partial charge in [0.2, 0.25) is 0 Å². The van der Waals surface area contributed by atoms with Gasteiger partial charge in [0.25, 0.3) is 0 Å². The first-order valence-electron chi connectivity index (χ1n) is 9.38. The summed E-state index contributed by atoms with van der Waals surface area (Å²) in [7, 11) is 0. The smallest absolute Gasteiger partial charge is 0.303 e. The van der Waals surface area contributed by atoms with Crippen LogP contribution in [0.15, 0.2) is 54.1 Å². The Hall–Kier alpha value is -2.35. The van der Waals surface area contributed by atoms with Gasteiger partial charge in [0, 0.05) is 6.42 Å². The predicted molar refractivity (Wildman–Crippen MR) is 107 cm³/mol. The molecular formula is C24H28O2. The first-order valence-corrected chi connectivity index (χ1v) is 9.38. The lowest BCUT2D eigenvalue weighted by molar-refractivity contribution is -0.138. The highest BCUT2D eigenvalue weighted by molar-refractivity contribution is 5.84. The molecule has 2 aromatic carbocycles. The average Bonchev–Trinajstić information content (AvgIpc) is 2.83. The highest BCUT2D eigenvalue weighted by Gasteiger charge is 2.41. The Morgan fingerprint density at radius 2 is 1.58 bits per heavy atom. The lowest BCUT2D eigenvalue weighted by Crippen LogP contribution is -2.23. The monoisotopic (exact) mass is 348 g/mol. The second-order valence-corrected chi connectivity index (χ2v) is 8.15. The molecule has 1 aliphatic carbocycles. The van der Waals surface area contributed by atoms with E-state index in [4.69, 9.17) is 0 Å². The third-order valence-electron chi connectivity index (χ3n) is 5.88. The van der Waals surface area contributed by atoms with E-state index < -0.39 is 5.97 Å². The minimum absolute atomic E-state index is 0.124. The van der Waals surface area contributed by atoms with Crippen LogP contribution < -0.4 is 0 Å². The number of carbonyl (C=O) groups is 1. The Balaban J connectivity index is 2.20. The zero-order valence-corrected chi connectivity index (χ0v) is 16.2. The maximum atomic E-state index is 11.3. The molecule has 0 spiro atoms. The maximum absolute atomic E-state index is 11.3. The van der Waals surface area contributed by atoms with E-state index >= 15 is 0 Å². The summed E-state index contributed by atoms with van der Waals surface area (Å²) in [5.41, 5.74) is 7.50. The van der Waals surface area contributed by atoms with Crippen molar-refractivity contribution in [3.8, 4) is 0 Å². The number of carboxylic acid groups (broad SMARTS) is 1. The van der Waals surface area contributed by atoms with Gasteiger partial charge in [-0.25, -0.2) is 0 Å². The minimum atomic E-state index is -0.697. The maximum Gasteiger partial charge on any atom is 0.303 e. The summed E-state index contributed by atoms with van der Waals surface area (Å²) in [4.78, 5) is 11.3. The number of allylic oxidation sites excluding steroid dienone is 1. The van der Waals surface area contributed by atoms with Crippen molar-refractivity contribution < 1.29 is 9.90 Å². The molecule has 2 heteroatoms. The first-order chi connectivity index (χ1) is 12.3. The molecule has 0 radical (unpaired) electrons. The summed E-state index contributed by atoms with van der Waals surface area (Å²) in [5.74, 6) is -0.517. The topological polar surface area (TPSA) is 37.3 Å². The normalized spacial score (nSPS) is 18.8. The molecule has 0 bridgehead atoms. The number of carboxylic acids is 1. The minimum Gasteiger partial charge on any atom is -0.481 e. The quantitative estimate of drug-likeness (QED) is 0.734.